The van der Waals surface area contributed by atoms with Gasteiger partial charge in [0.25, 0.3) is 0 Å². The zero-order chi connectivity index (χ0) is 17.4. The van der Waals surface area contributed by atoms with Crippen LogP contribution in [0.25, 0.3) is 0 Å². The summed E-state index contributed by atoms with van der Waals surface area (Å²) in [5, 5.41) is 6.32. The van der Waals surface area contributed by atoms with Crippen LogP contribution in [0.5, 0.6) is 0 Å². The summed E-state index contributed by atoms with van der Waals surface area (Å²) in [6.07, 6.45) is 1.83. The van der Waals surface area contributed by atoms with Gasteiger partial charge in [0.05, 0.1) is 17.8 Å². The maximum atomic E-state index is 5.71. The number of benzene rings is 1. The van der Waals surface area contributed by atoms with Crippen LogP contribution in [0.1, 0.15) is 28.2 Å². The fraction of sp³-hybridized carbons (Fsp3) is 0.158. The van der Waals surface area contributed by atoms with E-state index in [4.69, 9.17) is 12.2 Å². The lowest BCUT2D eigenvalue weighted by atomic mass is 10.0. The van der Waals surface area contributed by atoms with Crippen LogP contribution in [-0.2, 0) is 0 Å². The zero-order valence-electron chi connectivity index (χ0n) is 13.5. The van der Waals surface area contributed by atoms with Crippen LogP contribution < -0.4 is 10.2 Å². The number of thiocarbonyl (C=S) groups is 1. The molecule has 3 aromatic rings. The van der Waals surface area contributed by atoms with Gasteiger partial charge in [-0.05, 0) is 66.5 Å². The monoisotopic (exact) mass is 429 g/mol. The minimum Gasteiger partial charge on any atom is -0.351 e. The molecule has 0 amide bonds. The Hall–Kier alpha value is -1.76. The highest BCUT2D eigenvalue weighted by Gasteiger charge is 2.41. The molecule has 1 N–H and O–H groups in total. The highest BCUT2D eigenvalue weighted by molar-refractivity contribution is 9.10. The molecule has 1 aliphatic rings. The van der Waals surface area contributed by atoms with Gasteiger partial charge < -0.3 is 10.2 Å². The van der Waals surface area contributed by atoms with Crippen LogP contribution >= 0.6 is 39.5 Å². The second-order valence-electron chi connectivity index (χ2n) is 5.95. The Morgan fingerprint density at radius 1 is 1.20 bits per heavy atom. The molecule has 1 saturated heterocycles. The summed E-state index contributed by atoms with van der Waals surface area (Å²) in [5.41, 5.74) is 3.28. The fourth-order valence-corrected chi connectivity index (χ4v) is 4.61. The quantitative estimate of drug-likeness (QED) is 0.564. The minimum atomic E-state index is 0.0244. The van der Waals surface area contributed by atoms with Crippen molar-refractivity contribution in [1.29, 1.82) is 0 Å². The maximum Gasteiger partial charge on any atom is 0.174 e. The van der Waals surface area contributed by atoms with Crippen molar-refractivity contribution < 1.29 is 0 Å². The minimum absolute atomic E-state index is 0.0244. The van der Waals surface area contributed by atoms with E-state index in [0.29, 0.717) is 0 Å². The molecule has 0 saturated carbocycles. The van der Waals surface area contributed by atoms with E-state index >= 15 is 0 Å². The molecule has 2 atom stereocenters. The smallest absolute Gasteiger partial charge is 0.174 e. The Balaban J connectivity index is 1.82. The first-order chi connectivity index (χ1) is 12.1. The average molecular weight is 430 g/mol. The van der Waals surface area contributed by atoms with Gasteiger partial charge in [-0.3, -0.25) is 4.98 Å². The SMILES string of the molecule is Cc1cc(N2C(=S)N[C@H](c3ccccn3)[C@@H]2c2cccs2)ccc1Br. The molecule has 1 aliphatic heterocycles. The zero-order valence-corrected chi connectivity index (χ0v) is 16.7. The number of nitrogens with zero attached hydrogens (tertiary/aromatic N) is 2. The first kappa shape index (κ1) is 16.7. The Morgan fingerprint density at radius 2 is 2.08 bits per heavy atom. The summed E-state index contributed by atoms with van der Waals surface area (Å²) in [5.74, 6) is 0. The Bertz CT molecular complexity index is 896. The molecule has 0 radical (unpaired) electrons. The molecule has 0 spiro atoms. The number of pyridine rings is 1. The van der Waals surface area contributed by atoms with E-state index in [9.17, 15) is 0 Å². The predicted octanol–water partition coefficient (Wildman–Crippen LogP) is 5.39. The van der Waals surface area contributed by atoms with Gasteiger partial charge in [0.1, 0.15) is 0 Å². The van der Waals surface area contributed by atoms with Crippen molar-refractivity contribution in [2.45, 2.75) is 19.0 Å². The van der Waals surface area contributed by atoms with Crippen LogP contribution in [0.4, 0.5) is 5.69 Å². The fourth-order valence-electron chi connectivity index (χ4n) is 3.16. The van der Waals surface area contributed by atoms with Gasteiger partial charge in [0.15, 0.2) is 5.11 Å². The molecule has 0 aliphatic carbocycles. The third kappa shape index (κ3) is 3.10. The average Bonchev–Trinajstić information content (AvgIpc) is 3.25. The first-order valence-corrected chi connectivity index (χ1v) is 10.0. The first-order valence-electron chi connectivity index (χ1n) is 7.95. The van der Waals surface area contributed by atoms with E-state index in [0.717, 1.165) is 21.0 Å². The Morgan fingerprint density at radius 3 is 2.76 bits per heavy atom. The van der Waals surface area contributed by atoms with Crippen LogP contribution in [0.3, 0.4) is 0 Å². The third-order valence-electron chi connectivity index (χ3n) is 4.35. The molecule has 25 heavy (non-hydrogen) atoms. The summed E-state index contributed by atoms with van der Waals surface area (Å²) in [6.45, 7) is 2.09. The van der Waals surface area contributed by atoms with Crippen molar-refractivity contribution in [3.63, 3.8) is 0 Å². The number of aromatic nitrogens is 1. The highest BCUT2D eigenvalue weighted by Crippen LogP contribution is 2.43. The Kier molecular flexibility index (Phi) is 4.58. The standard InChI is InChI=1S/C19H16BrN3S2/c1-12-11-13(7-8-14(12)20)23-18(16-6-4-10-25-16)17(22-19(23)24)15-5-2-3-9-21-15/h2-11,17-18H,1H3,(H,22,24)/t17-,18+/m1/s1. The second-order valence-corrected chi connectivity index (χ2v) is 8.17. The van der Waals surface area contributed by atoms with Gasteiger partial charge in [-0.25, -0.2) is 0 Å². The summed E-state index contributed by atoms with van der Waals surface area (Å²) in [6, 6.07) is 16.7. The molecule has 3 heterocycles. The van der Waals surface area contributed by atoms with Crippen molar-refractivity contribution in [3.8, 4) is 0 Å². The van der Waals surface area contributed by atoms with E-state index in [1.165, 1.54) is 10.4 Å². The van der Waals surface area contributed by atoms with Gasteiger partial charge in [0, 0.05) is 21.2 Å². The van der Waals surface area contributed by atoms with Gasteiger partial charge in [-0.1, -0.05) is 28.1 Å². The molecule has 1 aromatic carbocycles. The number of halogens is 1. The normalized spacial score (nSPS) is 19.9. The van der Waals surface area contributed by atoms with E-state index in [1.807, 2.05) is 18.3 Å². The summed E-state index contributed by atoms with van der Waals surface area (Å²) < 4.78 is 1.10. The second kappa shape index (κ2) is 6.86. The van der Waals surface area contributed by atoms with Crippen molar-refractivity contribution in [2.24, 2.45) is 0 Å². The molecule has 2 aromatic heterocycles. The van der Waals surface area contributed by atoms with Crippen molar-refractivity contribution in [2.75, 3.05) is 4.90 Å². The lowest BCUT2D eigenvalue weighted by molar-refractivity contribution is 0.575. The predicted molar refractivity (Wildman–Crippen MR) is 111 cm³/mol. The topological polar surface area (TPSA) is 28.2 Å². The van der Waals surface area contributed by atoms with Crippen LogP contribution in [0.2, 0.25) is 0 Å². The maximum absolute atomic E-state index is 5.71. The van der Waals surface area contributed by atoms with Gasteiger partial charge in [-0.15, -0.1) is 11.3 Å². The molecule has 0 bridgehead atoms. The molecule has 3 nitrogen and oxygen atoms in total. The summed E-state index contributed by atoms with van der Waals surface area (Å²) >= 11 is 11.0. The van der Waals surface area contributed by atoms with Gasteiger partial charge in [-0.2, -0.15) is 0 Å². The number of hydrogen-bond acceptors (Lipinski definition) is 3. The molecule has 6 heteroatoms. The highest BCUT2D eigenvalue weighted by atomic mass is 79.9. The van der Waals surface area contributed by atoms with E-state index in [2.05, 4.69) is 79.8 Å². The van der Waals surface area contributed by atoms with Crippen LogP contribution in [0, 0.1) is 6.92 Å². The number of nitrogens with one attached hydrogen (secondary N) is 1. The number of thiophene rings is 1. The van der Waals surface area contributed by atoms with E-state index < -0.39 is 0 Å². The number of hydrogen-bond donors (Lipinski definition) is 1. The van der Waals surface area contributed by atoms with Crippen LogP contribution in [0.15, 0.2) is 64.6 Å². The lowest BCUT2D eigenvalue weighted by Gasteiger charge is -2.27. The van der Waals surface area contributed by atoms with Gasteiger partial charge in [0.2, 0.25) is 0 Å². The third-order valence-corrected chi connectivity index (χ3v) is 6.50. The molecular weight excluding hydrogens is 414 g/mol. The molecule has 1 fully saturated rings. The molecule has 0 unspecified atom stereocenters. The van der Waals surface area contributed by atoms with Crippen LogP contribution in [-0.4, -0.2) is 10.1 Å². The molecular formula is C19H16BrN3S2. The molecule has 126 valence electrons. The van der Waals surface area contributed by atoms with Crippen molar-refractivity contribution in [3.05, 3.63) is 80.7 Å². The van der Waals surface area contributed by atoms with Crippen molar-refractivity contribution in [1.82, 2.24) is 10.3 Å². The van der Waals surface area contributed by atoms with Gasteiger partial charge >= 0.3 is 0 Å². The summed E-state index contributed by atoms with van der Waals surface area (Å²) in [4.78, 5) is 8.04. The Labute approximate surface area is 164 Å². The number of rotatable bonds is 3. The lowest BCUT2D eigenvalue weighted by Crippen LogP contribution is -2.29. The van der Waals surface area contributed by atoms with Crippen molar-refractivity contribution >= 4 is 50.3 Å². The number of aryl methyl sites for hydroxylation is 1. The number of anilines is 1. The van der Waals surface area contributed by atoms with E-state index in [-0.39, 0.29) is 12.1 Å². The summed E-state index contributed by atoms with van der Waals surface area (Å²) in [7, 11) is 0. The molecule has 4 rings (SSSR count). The van der Waals surface area contributed by atoms with E-state index in [1.54, 1.807) is 11.3 Å². The largest absolute Gasteiger partial charge is 0.351 e.